The standard InChI is InChI=1S/C25H26N6O3/c26-17-21-23(19-7-2-1-3-8-19)28-25(29-24(21)32)30-27-18-20-9-4-5-10-22(20)34-14-6-11-31-12-15-33-16-13-31/h1-5,7-10,18H,6,11-16H2,(H2,28,29,30,32). The number of ether oxygens (including phenoxy) is 2. The molecule has 0 unspecified atom stereocenters. The Hall–Kier alpha value is -4.00. The number of rotatable bonds is 9. The van der Waals surface area contributed by atoms with Crippen molar-refractivity contribution >= 4 is 12.2 Å². The fraction of sp³-hybridized carbons (Fsp3) is 0.280. The van der Waals surface area contributed by atoms with E-state index in [0.717, 1.165) is 50.6 Å². The van der Waals surface area contributed by atoms with Gasteiger partial charge in [0.1, 0.15) is 17.4 Å². The SMILES string of the molecule is N#Cc1c(-c2ccccc2)nc(NN=Cc2ccccc2OCCCN2CCOCC2)[nH]c1=O. The third-order valence-corrected chi connectivity index (χ3v) is 5.35. The van der Waals surface area contributed by atoms with Gasteiger partial charge in [0.15, 0.2) is 0 Å². The molecular weight excluding hydrogens is 432 g/mol. The zero-order chi connectivity index (χ0) is 23.6. The quantitative estimate of drug-likeness (QED) is 0.288. The van der Waals surface area contributed by atoms with Crippen molar-refractivity contribution < 1.29 is 9.47 Å². The molecule has 1 saturated heterocycles. The van der Waals surface area contributed by atoms with E-state index in [-0.39, 0.29) is 11.5 Å². The van der Waals surface area contributed by atoms with Crippen LogP contribution in [0.1, 0.15) is 17.5 Å². The predicted octanol–water partition coefficient (Wildman–Crippen LogP) is 2.86. The van der Waals surface area contributed by atoms with E-state index < -0.39 is 5.56 Å². The average molecular weight is 459 g/mol. The summed E-state index contributed by atoms with van der Waals surface area (Å²) in [6.07, 6.45) is 2.53. The van der Waals surface area contributed by atoms with Gasteiger partial charge in [0.25, 0.3) is 5.56 Å². The molecule has 0 spiro atoms. The molecule has 1 aromatic heterocycles. The van der Waals surface area contributed by atoms with Crippen LogP contribution in [0.25, 0.3) is 11.3 Å². The van der Waals surface area contributed by atoms with Gasteiger partial charge in [0.05, 0.1) is 31.7 Å². The molecule has 0 aliphatic carbocycles. The van der Waals surface area contributed by atoms with Crippen LogP contribution in [0.15, 0.2) is 64.5 Å². The number of nitriles is 1. The van der Waals surface area contributed by atoms with Crippen molar-refractivity contribution in [2.45, 2.75) is 6.42 Å². The number of aromatic amines is 1. The fourth-order valence-electron chi connectivity index (χ4n) is 3.61. The third-order valence-electron chi connectivity index (χ3n) is 5.35. The highest BCUT2D eigenvalue weighted by Gasteiger charge is 2.13. The van der Waals surface area contributed by atoms with E-state index in [4.69, 9.17) is 9.47 Å². The highest BCUT2D eigenvalue weighted by molar-refractivity contribution is 5.83. The molecule has 1 fully saturated rings. The maximum absolute atomic E-state index is 12.4. The van der Waals surface area contributed by atoms with Crippen LogP contribution in [0.2, 0.25) is 0 Å². The number of morpholine rings is 1. The largest absolute Gasteiger partial charge is 0.493 e. The Morgan fingerprint density at radius 3 is 2.74 bits per heavy atom. The van der Waals surface area contributed by atoms with Gasteiger partial charge in [-0.3, -0.25) is 14.7 Å². The number of hydrogen-bond acceptors (Lipinski definition) is 8. The zero-order valence-corrected chi connectivity index (χ0v) is 18.7. The molecule has 9 heteroatoms. The second kappa shape index (κ2) is 11.7. The first-order valence-electron chi connectivity index (χ1n) is 11.2. The predicted molar refractivity (Wildman–Crippen MR) is 130 cm³/mol. The first-order chi connectivity index (χ1) is 16.7. The second-order valence-corrected chi connectivity index (χ2v) is 7.68. The lowest BCUT2D eigenvalue weighted by Crippen LogP contribution is -2.37. The maximum atomic E-state index is 12.4. The number of H-pyrrole nitrogens is 1. The lowest BCUT2D eigenvalue weighted by Gasteiger charge is -2.26. The minimum Gasteiger partial charge on any atom is -0.493 e. The summed E-state index contributed by atoms with van der Waals surface area (Å²) in [5, 5.41) is 13.6. The van der Waals surface area contributed by atoms with Gasteiger partial charge < -0.3 is 9.47 Å². The number of para-hydroxylation sites is 1. The lowest BCUT2D eigenvalue weighted by molar-refractivity contribution is 0.0358. The summed E-state index contributed by atoms with van der Waals surface area (Å²) in [5.74, 6) is 0.865. The van der Waals surface area contributed by atoms with Crippen molar-refractivity contribution in [1.29, 1.82) is 5.26 Å². The van der Waals surface area contributed by atoms with Crippen molar-refractivity contribution in [3.05, 3.63) is 76.1 Å². The highest BCUT2D eigenvalue weighted by atomic mass is 16.5. The van der Waals surface area contributed by atoms with Crippen LogP contribution in [0.5, 0.6) is 5.75 Å². The maximum Gasteiger partial charge on any atom is 0.270 e. The van der Waals surface area contributed by atoms with E-state index in [2.05, 4.69) is 25.4 Å². The Morgan fingerprint density at radius 1 is 1.18 bits per heavy atom. The van der Waals surface area contributed by atoms with Gasteiger partial charge >= 0.3 is 0 Å². The van der Waals surface area contributed by atoms with Crippen LogP contribution < -0.4 is 15.7 Å². The summed E-state index contributed by atoms with van der Waals surface area (Å²) < 4.78 is 11.3. The Balaban J connectivity index is 1.40. The van der Waals surface area contributed by atoms with E-state index in [0.29, 0.717) is 17.9 Å². The van der Waals surface area contributed by atoms with E-state index in [9.17, 15) is 10.1 Å². The number of hydrogen-bond donors (Lipinski definition) is 2. The number of hydrazone groups is 1. The number of nitrogens with zero attached hydrogens (tertiary/aromatic N) is 4. The fourth-order valence-corrected chi connectivity index (χ4v) is 3.61. The Labute approximate surface area is 197 Å². The summed E-state index contributed by atoms with van der Waals surface area (Å²) in [6.45, 7) is 5.08. The van der Waals surface area contributed by atoms with Crippen molar-refractivity contribution in [3.63, 3.8) is 0 Å². The zero-order valence-electron chi connectivity index (χ0n) is 18.7. The molecule has 174 valence electrons. The molecule has 2 heterocycles. The van der Waals surface area contributed by atoms with Crippen molar-refractivity contribution in [2.75, 3.05) is 44.9 Å². The van der Waals surface area contributed by atoms with E-state index in [1.54, 1.807) is 18.3 Å². The van der Waals surface area contributed by atoms with Crippen molar-refractivity contribution in [2.24, 2.45) is 5.10 Å². The van der Waals surface area contributed by atoms with Crippen LogP contribution in [0.3, 0.4) is 0 Å². The van der Waals surface area contributed by atoms with Crippen LogP contribution in [0, 0.1) is 11.3 Å². The number of nitrogens with one attached hydrogen (secondary N) is 2. The van der Waals surface area contributed by atoms with E-state index in [1.807, 2.05) is 48.5 Å². The average Bonchev–Trinajstić information content (AvgIpc) is 2.88. The molecule has 9 nitrogen and oxygen atoms in total. The van der Waals surface area contributed by atoms with E-state index in [1.165, 1.54) is 0 Å². The molecule has 34 heavy (non-hydrogen) atoms. The van der Waals surface area contributed by atoms with Gasteiger partial charge in [-0.1, -0.05) is 42.5 Å². The van der Waals surface area contributed by atoms with Gasteiger partial charge in [-0.25, -0.2) is 10.4 Å². The first-order valence-corrected chi connectivity index (χ1v) is 11.2. The monoisotopic (exact) mass is 458 g/mol. The number of anilines is 1. The summed E-state index contributed by atoms with van der Waals surface area (Å²) in [4.78, 5) is 21.7. The smallest absolute Gasteiger partial charge is 0.270 e. The summed E-state index contributed by atoms with van der Waals surface area (Å²) >= 11 is 0. The Bertz CT molecular complexity index is 1210. The molecule has 0 amide bonds. The van der Waals surface area contributed by atoms with Crippen molar-refractivity contribution in [3.8, 4) is 23.1 Å². The molecule has 2 aromatic carbocycles. The molecule has 4 rings (SSSR count). The van der Waals surface area contributed by atoms with Crippen LogP contribution >= 0.6 is 0 Å². The van der Waals surface area contributed by atoms with Crippen LogP contribution in [0.4, 0.5) is 5.95 Å². The lowest BCUT2D eigenvalue weighted by atomic mass is 10.1. The summed E-state index contributed by atoms with van der Waals surface area (Å²) in [7, 11) is 0. The topological polar surface area (TPSA) is 116 Å². The molecule has 1 aliphatic heterocycles. The molecule has 0 bridgehead atoms. The van der Waals surface area contributed by atoms with Gasteiger partial charge in [0.2, 0.25) is 5.95 Å². The molecule has 3 aromatic rings. The molecule has 2 N–H and O–H groups in total. The number of aromatic nitrogens is 2. The molecule has 0 saturated carbocycles. The summed E-state index contributed by atoms with van der Waals surface area (Å²) in [5.41, 5.74) is 3.94. The Kier molecular flexibility index (Phi) is 8.00. The van der Waals surface area contributed by atoms with Gasteiger partial charge in [-0.05, 0) is 18.6 Å². The molecule has 0 radical (unpaired) electrons. The third kappa shape index (κ3) is 6.07. The highest BCUT2D eigenvalue weighted by Crippen LogP contribution is 2.20. The molecule has 1 aliphatic rings. The minimum absolute atomic E-state index is 0.0449. The first kappa shape index (κ1) is 23.2. The molecular formula is C25H26N6O3. The normalized spacial score (nSPS) is 14.1. The summed E-state index contributed by atoms with van der Waals surface area (Å²) in [6, 6.07) is 18.6. The van der Waals surface area contributed by atoms with Gasteiger partial charge in [-0.2, -0.15) is 10.4 Å². The number of benzene rings is 2. The van der Waals surface area contributed by atoms with Gasteiger partial charge in [0, 0.05) is 30.8 Å². The minimum atomic E-state index is -0.530. The second-order valence-electron chi connectivity index (χ2n) is 7.68. The van der Waals surface area contributed by atoms with Crippen LogP contribution in [-0.2, 0) is 4.74 Å². The van der Waals surface area contributed by atoms with Crippen molar-refractivity contribution in [1.82, 2.24) is 14.9 Å². The van der Waals surface area contributed by atoms with Gasteiger partial charge in [-0.15, -0.1) is 0 Å². The van der Waals surface area contributed by atoms with Crippen LogP contribution in [-0.4, -0.2) is 60.5 Å². The Morgan fingerprint density at radius 2 is 1.94 bits per heavy atom. The molecule has 0 atom stereocenters. The van der Waals surface area contributed by atoms with E-state index >= 15 is 0 Å².